The van der Waals surface area contributed by atoms with Gasteiger partial charge in [0.05, 0.1) is 10.5 Å². The van der Waals surface area contributed by atoms with Crippen LogP contribution < -0.4 is 4.90 Å². The highest BCUT2D eigenvalue weighted by atomic mass is 19.1. The molecule has 0 spiro atoms. The number of benzene rings is 1. The van der Waals surface area contributed by atoms with Gasteiger partial charge < -0.3 is 10.0 Å². The molecule has 1 aliphatic heterocycles. The standard InChI is InChI=1S/C15H18FN3O3/c16-13-9-14(15(19(21)22)8-11(13)10-17)18-6-2-1-4-12(18)5-3-7-20/h8-9,12,20H,1-7H2. The Morgan fingerprint density at radius 1 is 1.50 bits per heavy atom. The van der Waals surface area contributed by atoms with Crippen molar-refractivity contribution in [3.05, 3.63) is 33.6 Å². The first-order chi connectivity index (χ1) is 10.6. The molecule has 118 valence electrons. The minimum Gasteiger partial charge on any atom is -0.396 e. The molecule has 22 heavy (non-hydrogen) atoms. The van der Waals surface area contributed by atoms with Gasteiger partial charge in [-0.2, -0.15) is 5.26 Å². The highest BCUT2D eigenvalue weighted by Crippen LogP contribution is 2.36. The van der Waals surface area contributed by atoms with Gasteiger partial charge in [0.1, 0.15) is 17.6 Å². The minimum atomic E-state index is -0.741. The number of nitrogens with zero attached hydrogens (tertiary/aromatic N) is 3. The number of anilines is 1. The fourth-order valence-electron chi connectivity index (χ4n) is 2.96. The van der Waals surface area contributed by atoms with Gasteiger partial charge in [-0.25, -0.2) is 4.39 Å². The molecule has 6 nitrogen and oxygen atoms in total. The second kappa shape index (κ2) is 7.18. The van der Waals surface area contributed by atoms with E-state index in [0.717, 1.165) is 31.4 Å². The van der Waals surface area contributed by atoms with Crippen LogP contribution in [-0.2, 0) is 0 Å². The van der Waals surface area contributed by atoms with Gasteiger partial charge in [-0.3, -0.25) is 10.1 Å². The maximum absolute atomic E-state index is 13.9. The van der Waals surface area contributed by atoms with Gasteiger partial charge in [-0.1, -0.05) is 0 Å². The summed E-state index contributed by atoms with van der Waals surface area (Å²) in [7, 11) is 0. The Labute approximate surface area is 127 Å². The summed E-state index contributed by atoms with van der Waals surface area (Å²) in [5, 5.41) is 29.1. The molecule has 1 aromatic rings. The molecule has 0 radical (unpaired) electrons. The molecule has 1 unspecified atom stereocenters. The van der Waals surface area contributed by atoms with E-state index in [9.17, 15) is 14.5 Å². The quantitative estimate of drug-likeness (QED) is 0.667. The molecule has 1 fully saturated rings. The smallest absolute Gasteiger partial charge is 0.294 e. The van der Waals surface area contributed by atoms with E-state index in [1.54, 1.807) is 6.07 Å². The number of rotatable bonds is 5. The Hall–Kier alpha value is -2.20. The molecule has 1 N–H and O–H groups in total. The third-order valence-electron chi connectivity index (χ3n) is 4.01. The van der Waals surface area contributed by atoms with Crippen molar-refractivity contribution in [1.82, 2.24) is 0 Å². The van der Waals surface area contributed by atoms with Crippen molar-refractivity contribution in [3.8, 4) is 6.07 Å². The van der Waals surface area contributed by atoms with Gasteiger partial charge in [-0.15, -0.1) is 0 Å². The van der Waals surface area contributed by atoms with E-state index in [2.05, 4.69) is 0 Å². The third kappa shape index (κ3) is 3.34. The van der Waals surface area contributed by atoms with Crippen LogP contribution in [0.2, 0.25) is 0 Å². The zero-order valence-corrected chi connectivity index (χ0v) is 12.2. The van der Waals surface area contributed by atoms with Gasteiger partial charge in [0.25, 0.3) is 5.69 Å². The van der Waals surface area contributed by atoms with Gasteiger partial charge in [0.2, 0.25) is 0 Å². The van der Waals surface area contributed by atoms with Crippen molar-refractivity contribution >= 4 is 11.4 Å². The molecule has 0 aromatic heterocycles. The molecule has 0 saturated carbocycles. The van der Waals surface area contributed by atoms with Crippen LogP contribution in [0.1, 0.15) is 37.7 Å². The van der Waals surface area contributed by atoms with Crippen LogP contribution in [0.4, 0.5) is 15.8 Å². The maximum atomic E-state index is 13.9. The average molecular weight is 307 g/mol. The first kappa shape index (κ1) is 16.2. The van der Waals surface area contributed by atoms with Crippen LogP contribution >= 0.6 is 0 Å². The summed E-state index contributed by atoms with van der Waals surface area (Å²) in [6.07, 6.45) is 4.06. The van der Waals surface area contributed by atoms with Crippen molar-refractivity contribution in [1.29, 1.82) is 5.26 Å². The number of aliphatic hydroxyl groups excluding tert-OH is 1. The lowest BCUT2D eigenvalue weighted by Crippen LogP contribution is -2.40. The van der Waals surface area contributed by atoms with Gasteiger partial charge in [-0.05, 0) is 32.1 Å². The van der Waals surface area contributed by atoms with E-state index in [-0.39, 0.29) is 29.6 Å². The third-order valence-corrected chi connectivity index (χ3v) is 4.01. The molecular weight excluding hydrogens is 289 g/mol. The largest absolute Gasteiger partial charge is 0.396 e. The van der Waals surface area contributed by atoms with Crippen LogP contribution in [0, 0.1) is 27.3 Å². The lowest BCUT2D eigenvalue weighted by atomic mass is 9.96. The van der Waals surface area contributed by atoms with Crippen molar-refractivity contribution < 1.29 is 14.4 Å². The molecular formula is C15H18FN3O3. The Morgan fingerprint density at radius 3 is 2.91 bits per heavy atom. The first-order valence-corrected chi connectivity index (χ1v) is 7.34. The number of hydrogen-bond acceptors (Lipinski definition) is 5. The van der Waals surface area contributed by atoms with E-state index < -0.39 is 10.7 Å². The first-order valence-electron chi connectivity index (χ1n) is 7.34. The summed E-state index contributed by atoms with van der Waals surface area (Å²) in [6.45, 7) is 0.677. The number of nitro groups is 1. The number of aliphatic hydroxyl groups is 1. The lowest BCUT2D eigenvalue weighted by Gasteiger charge is -2.37. The highest BCUT2D eigenvalue weighted by Gasteiger charge is 2.29. The minimum absolute atomic E-state index is 0.0481. The molecule has 1 aromatic carbocycles. The monoisotopic (exact) mass is 307 g/mol. The predicted octanol–water partition coefficient (Wildman–Crippen LogP) is 2.74. The molecule has 1 aliphatic rings. The molecule has 1 heterocycles. The predicted molar refractivity (Wildman–Crippen MR) is 79.1 cm³/mol. The topological polar surface area (TPSA) is 90.4 Å². The molecule has 2 rings (SSSR count). The zero-order chi connectivity index (χ0) is 16.1. The number of nitriles is 1. The number of hydrogen-bond donors (Lipinski definition) is 1. The summed E-state index contributed by atoms with van der Waals surface area (Å²) in [4.78, 5) is 12.5. The summed E-state index contributed by atoms with van der Waals surface area (Å²) in [6, 6.07) is 3.78. The van der Waals surface area contributed by atoms with Crippen molar-refractivity contribution in [3.63, 3.8) is 0 Å². The number of nitro benzene ring substituents is 1. The van der Waals surface area contributed by atoms with Crippen molar-refractivity contribution in [2.75, 3.05) is 18.1 Å². The number of halogens is 1. The van der Waals surface area contributed by atoms with Gasteiger partial charge in [0, 0.05) is 31.3 Å². The summed E-state index contributed by atoms with van der Waals surface area (Å²) < 4.78 is 13.9. The summed E-state index contributed by atoms with van der Waals surface area (Å²) in [5.74, 6) is -0.741. The second-order valence-corrected chi connectivity index (χ2v) is 5.40. The van der Waals surface area contributed by atoms with Crippen LogP contribution in [0.25, 0.3) is 0 Å². The fraction of sp³-hybridized carbons (Fsp3) is 0.533. The van der Waals surface area contributed by atoms with E-state index in [0.29, 0.717) is 19.4 Å². The summed E-state index contributed by atoms with van der Waals surface area (Å²) in [5.41, 5.74) is -0.336. The Balaban J connectivity index is 2.42. The highest BCUT2D eigenvalue weighted by molar-refractivity contribution is 5.66. The molecule has 0 amide bonds. The van der Waals surface area contributed by atoms with Crippen LogP contribution in [0.5, 0.6) is 0 Å². The van der Waals surface area contributed by atoms with Gasteiger partial charge >= 0.3 is 0 Å². The lowest BCUT2D eigenvalue weighted by molar-refractivity contribution is -0.384. The molecule has 0 aliphatic carbocycles. The maximum Gasteiger partial charge on any atom is 0.294 e. The molecule has 0 bridgehead atoms. The second-order valence-electron chi connectivity index (χ2n) is 5.40. The van der Waals surface area contributed by atoms with Crippen LogP contribution in [0.15, 0.2) is 12.1 Å². The van der Waals surface area contributed by atoms with Crippen molar-refractivity contribution in [2.45, 2.75) is 38.1 Å². The Bertz CT molecular complexity index is 600. The van der Waals surface area contributed by atoms with E-state index in [1.165, 1.54) is 0 Å². The molecule has 7 heteroatoms. The van der Waals surface area contributed by atoms with E-state index >= 15 is 0 Å². The normalized spacial score (nSPS) is 18.0. The number of piperidine rings is 1. The SMILES string of the molecule is N#Cc1cc([N+](=O)[O-])c(N2CCCCC2CCCO)cc1F. The molecule has 1 saturated heterocycles. The Kier molecular flexibility index (Phi) is 5.28. The average Bonchev–Trinajstić information content (AvgIpc) is 2.52. The van der Waals surface area contributed by atoms with E-state index in [4.69, 9.17) is 10.4 Å². The Morgan fingerprint density at radius 2 is 2.27 bits per heavy atom. The fourth-order valence-corrected chi connectivity index (χ4v) is 2.96. The van der Waals surface area contributed by atoms with E-state index in [1.807, 2.05) is 4.90 Å². The molecule has 1 atom stereocenters. The van der Waals surface area contributed by atoms with Crippen LogP contribution in [-0.4, -0.2) is 29.2 Å². The van der Waals surface area contributed by atoms with Crippen LogP contribution in [0.3, 0.4) is 0 Å². The summed E-state index contributed by atoms with van der Waals surface area (Å²) >= 11 is 0. The van der Waals surface area contributed by atoms with Gasteiger partial charge in [0.15, 0.2) is 0 Å². The zero-order valence-electron chi connectivity index (χ0n) is 12.2. The van der Waals surface area contributed by atoms with Crippen molar-refractivity contribution in [2.24, 2.45) is 0 Å².